The summed E-state index contributed by atoms with van der Waals surface area (Å²) in [5.41, 5.74) is 0.924. The minimum Gasteiger partial charge on any atom is -0.465 e. The number of hydrogen-bond donors (Lipinski definition) is 0. The van der Waals surface area contributed by atoms with Crippen molar-refractivity contribution in [1.29, 1.82) is 0 Å². The molecule has 1 aliphatic carbocycles. The van der Waals surface area contributed by atoms with Gasteiger partial charge in [0.25, 0.3) is 0 Å². The minimum atomic E-state index is -0.454. The lowest BCUT2D eigenvalue weighted by Crippen LogP contribution is -2.38. The van der Waals surface area contributed by atoms with Crippen molar-refractivity contribution in [2.75, 3.05) is 13.2 Å². The van der Waals surface area contributed by atoms with Gasteiger partial charge >= 0.3 is 12.1 Å². The molecule has 0 aromatic heterocycles. The minimum absolute atomic E-state index is 0.0356. The van der Waals surface area contributed by atoms with E-state index in [-0.39, 0.29) is 19.2 Å². The molecule has 5 heteroatoms. The van der Waals surface area contributed by atoms with Gasteiger partial charge in [-0.05, 0) is 25.3 Å². The van der Waals surface area contributed by atoms with Crippen LogP contribution < -0.4 is 0 Å². The highest BCUT2D eigenvalue weighted by Gasteiger charge is 2.35. The van der Waals surface area contributed by atoms with Crippen molar-refractivity contribution in [2.24, 2.45) is 0 Å². The molecule has 1 amide bonds. The van der Waals surface area contributed by atoms with Gasteiger partial charge in [0.1, 0.15) is 13.2 Å². The monoisotopic (exact) mass is 277 g/mol. The van der Waals surface area contributed by atoms with Crippen LogP contribution in [0.15, 0.2) is 30.3 Å². The van der Waals surface area contributed by atoms with Crippen molar-refractivity contribution in [1.82, 2.24) is 4.90 Å². The fourth-order valence-electron chi connectivity index (χ4n) is 1.88. The summed E-state index contributed by atoms with van der Waals surface area (Å²) in [5, 5.41) is 0. The molecule has 1 aromatic rings. The van der Waals surface area contributed by atoms with E-state index in [4.69, 9.17) is 9.47 Å². The van der Waals surface area contributed by atoms with E-state index in [0.717, 1.165) is 18.4 Å². The zero-order chi connectivity index (χ0) is 14.4. The first-order valence-electron chi connectivity index (χ1n) is 6.83. The van der Waals surface area contributed by atoms with Crippen LogP contribution in [0, 0.1) is 0 Å². The Labute approximate surface area is 118 Å². The molecule has 0 aliphatic heterocycles. The Morgan fingerprint density at radius 1 is 1.20 bits per heavy atom. The molecule has 2 rings (SSSR count). The number of carbonyl (C=O) groups excluding carboxylic acids is 2. The quantitative estimate of drug-likeness (QED) is 0.749. The summed E-state index contributed by atoms with van der Waals surface area (Å²) in [6.07, 6.45) is 1.38. The van der Waals surface area contributed by atoms with Crippen molar-refractivity contribution in [3.63, 3.8) is 0 Å². The lowest BCUT2D eigenvalue weighted by atomic mass is 10.2. The molecule has 0 atom stereocenters. The average molecular weight is 277 g/mol. The highest BCUT2D eigenvalue weighted by Crippen LogP contribution is 2.27. The van der Waals surface area contributed by atoms with E-state index in [1.165, 1.54) is 4.90 Å². The average Bonchev–Trinajstić information content (AvgIpc) is 3.28. The van der Waals surface area contributed by atoms with Gasteiger partial charge in [-0.15, -0.1) is 0 Å². The van der Waals surface area contributed by atoms with Crippen molar-refractivity contribution in [3.8, 4) is 0 Å². The predicted octanol–water partition coefficient (Wildman–Crippen LogP) is 2.35. The highest BCUT2D eigenvalue weighted by molar-refractivity contribution is 5.78. The van der Waals surface area contributed by atoms with E-state index >= 15 is 0 Å². The van der Waals surface area contributed by atoms with Gasteiger partial charge in [-0.1, -0.05) is 30.3 Å². The van der Waals surface area contributed by atoms with E-state index in [1.54, 1.807) is 6.92 Å². The molecule has 0 spiro atoms. The molecular formula is C15H19NO4. The van der Waals surface area contributed by atoms with E-state index in [9.17, 15) is 9.59 Å². The molecule has 5 nitrogen and oxygen atoms in total. The van der Waals surface area contributed by atoms with Crippen LogP contribution in [-0.2, 0) is 20.9 Å². The number of esters is 1. The van der Waals surface area contributed by atoms with Crippen LogP contribution in [-0.4, -0.2) is 36.2 Å². The van der Waals surface area contributed by atoms with Crippen LogP contribution in [0.25, 0.3) is 0 Å². The first-order valence-corrected chi connectivity index (χ1v) is 6.83. The first kappa shape index (κ1) is 14.4. The number of rotatable bonds is 6. The Morgan fingerprint density at radius 3 is 2.50 bits per heavy atom. The molecule has 0 saturated heterocycles. The third-order valence-corrected chi connectivity index (χ3v) is 3.03. The Bertz CT molecular complexity index is 456. The maximum atomic E-state index is 12.0. The molecule has 108 valence electrons. The van der Waals surface area contributed by atoms with Crippen molar-refractivity contribution in [3.05, 3.63) is 35.9 Å². The number of nitrogens with zero attached hydrogens (tertiary/aromatic N) is 1. The summed E-state index contributed by atoms with van der Waals surface area (Å²) in [6.45, 7) is 2.24. The lowest BCUT2D eigenvalue weighted by molar-refractivity contribution is -0.144. The van der Waals surface area contributed by atoms with Crippen molar-refractivity contribution < 1.29 is 19.1 Å². The maximum absolute atomic E-state index is 12.0. The van der Waals surface area contributed by atoms with Gasteiger partial charge in [0.15, 0.2) is 0 Å². The number of ether oxygens (including phenoxy) is 2. The van der Waals surface area contributed by atoms with Crippen molar-refractivity contribution >= 4 is 12.1 Å². The summed E-state index contributed by atoms with van der Waals surface area (Å²) < 4.78 is 10.1. The van der Waals surface area contributed by atoms with Gasteiger partial charge < -0.3 is 9.47 Å². The fraction of sp³-hybridized carbons (Fsp3) is 0.467. The summed E-state index contributed by atoms with van der Waals surface area (Å²) in [4.78, 5) is 25.0. The van der Waals surface area contributed by atoms with Gasteiger partial charge in [-0.25, -0.2) is 4.79 Å². The van der Waals surface area contributed by atoms with E-state index in [0.29, 0.717) is 6.61 Å². The maximum Gasteiger partial charge on any atom is 0.410 e. The van der Waals surface area contributed by atoms with Gasteiger partial charge in [0, 0.05) is 6.04 Å². The number of hydrogen-bond acceptors (Lipinski definition) is 4. The normalized spacial score (nSPS) is 13.7. The third kappa shape index (κ3) is 4.26. The number of carbonyl (C=O) groups is 2. The van der Waals surface area contributed by atoms with Gasteiger partial charge in [0.05, 0.1) is 6.61 Å². The van der Waals surface area contributed by atoms with E-state index < -0.39 is 12.1 Å². The van der Waals surface area contributed by atoms with Crippen LogP contribution >= 0.6 is 0 Å². The molecule has 1 aromatic carbocycles. The van der Waals surface area contributed by atoms with Crippen LogP contribution in [0.3, 0.4) is 0 Å². The van der Waals surface area contributed by atoms with Crippen LogP contribution in [0.5, 0.6) is 0 Å². The van der Waals surface area contributed by atoms with Gasteiger partial charge in [-0.2, -0.15) is 0 Å². The summed E-state index contributed by atoms with van der Waals surface area (Å²) in [5.74, 6) is -0.393. The Hall–Kier alpha value is -2.04. The predicted molar refractivity (Wildman–Crippen MR) is 73.0 cm³/mol. The molecule has 1 saturated carbocycles. The Morgan fingerprint density at radius 2 is 1.90 bits per heavy atom. The summed E-state index contributed by atoms with van der Waals surface area (Å²) in [6, 6.07) is 9.58. The zero-order valence-electron chi connectivity index (χ0n) is 11.6. The molecule has 20 heavy (non-hydrogen) atoms. The van der Waals surface area contributed by atoms with Crippen LogP contribution in [0.2, 0.25) is 0 Å². The lowest BCUT2D eigenvalue weighted by Gasteiger charge is -2.20. The van der Waals surface area contributed by atoms with Crippen molar-refractivity contribution in [2.45, 2.75) is 32.4 Å². The number of amides is 1. The molecule has 0 heterocycles. The second-order valence-corrected chi connectivity index (χ2v) is 4.70. The Balaban J connectivity index is 1.85. The molecule has 0 N–H and O–H groups in total. The van der Waals surface area contributed by atoms with Crippen LogP contribution in [0.1, 0.15) is 25.3 Å². The first-order chi connectivity index (χ1) is 9.70. The highest BCUT2D eigenvalue weighted by atomic mass is 16.6. The molecule has 0 bridgehead atoms. The zero-order valence-corrected chi connectivity index (χ0v) is 11.6. The largest absolute Gasteiger partial charge is 0.465 e. The molecule has 1 aliphatic rings. The summed E-state index contributed by atoms with van der Waals surface area (Å²) in [7, 11) is 0. The standard InChI is InChI=1S/C15H19NO4/c1-2-19-14(17)10-16(13-8-9-13)15(18)20-11-12-6-4-3-5-7-12/h3-7,13H,2,8-11H2,1H3. The van der Waals surface area contributed by atoms with E-state index in [1.807, 2.05) is 30.3 Å². The molecular weight excluding hydrogens is 258 g/mol. The molecule has 0 radical (unpaired) electrons. The SMILES string of the molecule is CCOC(=O)CN(C(=O)OCc1ccccc1)C1CC1. The second kappa shape index (κ2) is 6.93. The smallest absolute Gasteiger partial charge is 0.410 e. The number of benzene rings is 1. The topological polar surface area (TPSA) is 55.8 Å². The van der Waals surface area contributed by atoms with Crippen LogP contribution in [0.4, 0.5) is 4.79 Å². The Kier molecular flexibility index (Phi) is 4.98. The van der Waals surface area contributed by atoms with Gasteiger partial charge in [-0.3, -0.25) is 9.69 Å². The molecule has 1 fully saturated rings. The van der Waals surface area contributed by atoms with Gasteiger partial charge in [0.2, 0.25) is 0 Å². The molecule has 0 unspecified atom stereocenters. The van der Waals surface area contributed by atoms with E-state index in [2.05, 4.69) is 0 Å². The second-order valence-electron chi connectivity index (χ2n) is 4.70. The fourth-order valence-corrected chi connectivity index (χ4v) is 1.88. The third-order valence-electron chi connectivity index (χ3n) is 3.03. The summed E-state index contributed by atoms with van der Waals surface area (Å²) >= 11 is 0.